The molecule has 3 aromatic rings. The van der Waals surface area contributed by atoms with Gasteiger partial charge in [-0.15, -0.1) is 5.10 Å². The van der Waals surface area contributed by atoms with E-state index in [0.717, 1.165) is 5.56 Å². The molecule has 0 radical (unpaired) electrons. The Balaban J connectivity index is 1.65. The summed E-state index contributed by atoms with van der Waals surface area (Å²) >= 11 is 0. The van der Waals surface area contributed by atoms with Crippen LogP contribution in [0.5, 0.6) is 0 Å². The van der Waals surface area contributed by atoms with Crippen LogP contribution < -0.4 is 10.9 Å². The zero-order valence-corrected chi connectivity index (χ0v) is 13.2. The van der Waals surface area contributed by atoms with E-state index in [9.17, 15) is 9.59 Å². The number of carbonyl (C=O) groups excluding carboxylic acids is 1. The minimum Gasteiger partial charge on any atom is -0.350 e. The number of rotatable bonds is 5. The molecule has 7 nitrogen and oxygen atoms in total. The molecule has 0 atom stereocenters. The van der Waals surface area contributed by atoms with E-state index in [4.69, 9.17) is 0 Å². The Bertz CT molecular complexity index is 899. The molecule has 1 aromatic carbocycles. The van der Waals surface area contributed by atoms with Gasteiger partial charge in [0.05, 0.1) is 6.54 Å². The largest absolute Gasteiger partial charge is 0.350 e. The Kier molecular flexibility index (Phi) is 4.51. The molecule has 0 bridgehead atoms. The maximum atomic E-state index is 12.1. The van der Waals surface area contributed by atoms with Crippen LogP contribution in [-0.4, -0.2) is 32.0 Å². The predicted molar refractivity (Wildman–Crippen MR) is 89.1 cm³/mol. The summed E-state index contributed by atoms with van der Waals surface area (Å²) in [5, 5.41) is 11.1. The molecule has 0 fully saturated rings. The Labute approximate surface area is 138 Å². The van der Waals surface area contributed by atoms with Crippen molar-refractivity contribution in [2.45, 2.75) is 13.5 Å². The lowest BCUT2D eigenvalue weighted by Gasteiger charge is -2.08. The van der Waals surface area contributed by atoms with Crippen molar-refractivity contribution in [1.82, 2.24) is 24.9 Å². The van der Waals surface area contributed by atoms with Crippen LogP contribution in [0.2, 0.25) is 0 Å². The van der Waals surface area contributed by atoms with Crippen molar-refractivity contribution in [2.75, 3.05) is 6.54 Å². The number of hydrogen-bond donors (Lipinski definition) is 1. The Morgan fingerprint density at radius 2 is 2.08 bits per heavy atom. The smallest absolute Gasteiger partial charge is 0.266 e. The van der Waals surface area contributed by atoms with Crippen molar-refractivity contribution >= 4 is 5.91 Å². The number of amides is 1. The van der Waals surface area contributed by atoms with Crippen LogP contribution in [0.4, 0.5) is 0 Å². The highest BCUT2D eigenvalue weighted by Crippen LogP contribution is 2.03. The van der Waals surface area contributed by atoms with E-state index >= 15 is 0 Å². The Hall–Kier alpha value is -3.22. The number of hydrogen-bond acceptors (Lipinski definition) is 4. The number of carbonyl (C=O) groups is 1. The molecule has 0 aliphatic heterocycles. The molecule has 0 aliphatic rings. The van der Waals surface area contributed by atoms with Gasteiger partial charge in [-0.3, -0.25) is 9.59 Å². The van der Waals surface area contributed by atoms with Crippen molar-refractivity contribution in [3.8, 4) is 5.82 Å². The summed E-state index contributed by atoms with van der Waals surface area (Å²) in [7, 11) is 0. The summed E-state index contributed by atoms with van der Waals surface area (Å²) in [6, 6.07) is 12.2. The minimum absolute atomic E-state index is 0.171. The summed E-state index contributed by atoms with van der Waals surface area (Å²) < 4.78 is 2.88. The molecule has 0 aliphatic carbocycles. The molecule has 0 saturated carbocycles. The molecule has 2 heterocycles. The van der Waals surface area contributed by atoms with Crippen LogP contribution in [-0.2, 0) is 6.54 Å². The van der Waals surface area contributed by atoms with Crippen LogP contribution in [0.25, 0.3) is 5.82 Å². The molecular weight excluding hydrogens is 306 g/mol. The highest BCUT2D eigenvalue weighted by atomic mass is 16.2. The first-order valence-electron chi connectivity index (χ1n) is 7.56. The third kappa shape index (κ3) is 3.57. The monoisotopic (exact) mass is 323 g/mol. The maximum absolute atomic E-state index is 12.1. The van der Waals surface area contributed by atoms with E-state index in [1.165, 1.54) is 10.7 Å². The first-order chi connectivity index (χ1) is 11.6. The Morgan fingerprint density at radius 3 is 2.83 bits per heavy atom. The summed E-state index contributed by atoms with van der Waals surface area (Å²) in [6.07, 6.45) is 3.38. The highest BCUT2D eigenvalue weighted by Gasteiger charge is 2.06. The van der Waals surface area contributed by atoms with Crippen LogP contribution in [0.3, 0.4) is 0 Å². The van der Waals surface area contributed by atoms with Crippen LogP contribution in [0.1, 0.15) is 15.9 Å². The molecule has 7 heteroatoms. The van der Waals surface area contributed by atoms with Crippen LogP contribution in [0, 0.1) is 6.92 Å². The second kappa shape index (κ2) is 6.91. The molecular formula is C17H17N5O2. The minimum atomic E-state index is -0.226. The SMILES string of the molecule is Cc1cccc(C(=O)NCCn2nc(-n3cccn3)ccc2=O)c1. The van der Waals surface area contributed by atoms with Crippen molar-refractivity contribution in [2.24, 2.45) is 0 Å². The van der Waals surface area contributed by atoms with E-state index < -0.39 is 0 Å². The molecule has 3 rings (SSSR count). The number of nitrogens with zero attached hydrogens (tertiary/aromatic N) is 4. The number of aryl methyl sites for hydroxylation is 1. The Morgan fingerprint density at radius 1 is 1.21 bits per heavy atom. The fraction of sp³-hybridized carbons (Fsp3) is 0.176. The lowest BCUT2D eigenvalue weighted by atomic mass is 10.1. The van der Waals surface area contributed by atoms with Gasteiger partial charge in [-0.05, 0) is 31.2 Å². The van der Waals surface area contributed by atoms with Crippen LogP contribution >= 0.6 is 0 Å². The summed E-state index contributed by atoms with van der Waals surface area (Å²) in [5.41, 5.74) is 1.39. The molecule has 122 valence electrons. The lowest BCUT2D eigenvalue weighted by molar-refractivity contribution is 0.0951. The molecule has 2 aromatic heterocycles. The van der Waals surface area contributed by atoms with E-state index in [1.807, 2.05) is 25.1 Å². The van der Waals surface area contributed by atoms with Gasteiger partial charge >= 0.3 is 0 Å². The highest BCUT2D eigenvalue weighted by molar-refractivity contribution is 5.94. The zero-order valence-electron chi connectivity index (χ0n) is 13.2. The van der Waals surface area contributed by atoms with Crippen molar-refractivity contribution in [3.63, 3.8) is 0 Å². The summed E-state index contributed by atoms with van der Waals surface area (Å²) in [4.78, 5) is 24.0. The van der Waals surface area contributed by atoms with Crippen LogP contribution in [0.15, 0.2) is 59.7 Å². The average Bonchev–Trinajstić information content (AvgIpc) is 3.11. The normalized spacial score (nSPS) is 10.5. The second-order valence-corrected chi connectivity index (χ2v) is 5.33. The van der Waals surface area contributed by atoms with Crippen molar-refractivity contribution < 1.29 is 4.79 Å². The molecule has 1 amide bonds. The molecule has 0 saturated heterocycles. The molecule has 0 unspecified atom stereocenters. The number of nitrogens with one attached hydrogen (secondary N) is 1. The quantitative estimate of drug-likeness (QED) is 0.764. The fourth-order valence-corrected chi connectivity index (χ4v) is 2.29. The van der Waals surface area contributed by atoms with E-state index in [0.29, 0.717) is 17.9 Å². The van der Waals surface area contributed by atoms with Crippen molar-refractivity contribution in [1.29, 1.82) is 0 Å². The van der Waals surface area contributed by atoms with E-state index in [2.05, 4.69) is 15.5 Å². The third-order valence-corrected chi connectivity index (χ3v) is 3.48. The van der Waals surface area contributed by atoms with Gasteiger partial charge in [0.15, 0.2) is 5.82 Å². The average molecular weight is 323 g/mol. The standard InChI is InChI=1S/C17H17N5O2/c1-13-4-2-5-14(12-13)17(24)18-9-11-22-16(23)7-6-15(20-22)21-10-3-8-19-21/h2-8,10,12H,9,11H2,1H3,(H,18,24). The molecule has 0 spiro atoms. The second-order valence-electron chi connectivity index (χ2n) is 5.33. The van der Waals surface area contributed by atoms with Gasteiger partial charge in [0.2, 0.25) is 0 Å². The first-order valence-corrected chi connectivity index (χ1v) is 7.56. The third-order valence-electron chi connectivity index (χ3n) is 3.48. The first kappa shape index (κ1) is 15.7. The molecule has 24 heavy (non-hydrogen) atoms. The van der Waals surface area contributed by atoms with Gasteiger partial charge in [-0.2, -0.15) is 5.10 Å². The molecule has 1 N–H and O–H groups in total. The van der Waals surface area contributed by atoms with Crippen molar-refractivity contribution in [3.05, 3.63) is 76.3 Å². The van der Waals surface area contributed by atoms with Gasteiger partial charge < -0.3 is 5.32 Å². The lowest BCUT2D eigenvalue weighted by Crippen LogP contribution is -2.32. The van der Waals surface area contributed by atoms with Gasteiger partial charge in [0.25, 0.3) is 11.5 Å². The zero-order chi connectivity index (χ0) is 16.9. The predicted octanol–water partition coefficient (Wildman–Crippen LogP) is 1.17. The van der Waals surface area contributed by atoms with Gasteiger partial charge in [-0.25, -0.2) is 9.36 Å². The summed E-state index contributed by atoms with van der Waals surface area (Å²) in [6.45, 7) is 2.52. The van der Waals surface area contributed by atoms with Gasteiger partial charge in [0.1, 0.15) is 0 Å². The van der Waals surface area contributed by atoms with E-state index in [1.54, 1.807) is 35.3 Å². The van der Waals surface area contributed by atoms with E-state index in [-0.39, 0.29) is 18.0 Å². The summed E-state index contributed by atoms with van der Waals surface area (Å²) in [5.74, 6) is 0.375. The number of aromatic nitrogens is 4. The maximum Gasteiger partial charge on any atom is 0.266 e. The fourth-order valence-electron chi connectivity index (χ4n) is 2.29. The van der Waals surface area contributed by atoms with Gasteiger partial charge in [0, 0.05) is 30.6 Å². The van der Waals surface area contributed by atoms with Gasteiger partial charge in [-0.1, -0.05) is 17.7 Å². The topological polar surface area (TPSA) is 81.8 Å². The number of benzene rings is 1.